The van der Waals surface area contributed by atoms with Crippen LogP contribution in [0.5, 0.6) is 0 Å². The van der Waals surface area contributed by atoms with Crippen LogP contribution in [-0.2, 0) is 10.0 Å². The zero-order chi connectivity index (χ0) is 15.6. The van der Waals surface area contributed by atoms with Crippen molar-refractivity contribution in [3.05, 3.63) is 54.0 Å². The molecule has 8 heteroatoms. The van der Waals surface area contributed by atoms with E-state index in [1.165, 1.54) is 25.4 Å². The molecule has 0 bridgehead atoms. The minimum Gasteiger partial charge on any atom is -0.389 e. The molecule has 0 amide bonds. The molecular weight excluding hydrogens is 313 g/mol. The molecule has 21 heavy (non-hydrogen) atoms. The van der Waals surface area contributed by atoms with Crippen molar-refractivity contribution >= 4 is 32.9 Å². The molecule has 0 unspecified atom stereocenters. The molecule has 0 aliphatic rings. The molecule has 0 atom stereocenters. The lowest BCUT2D eigenvalue weighted by molar-refractivity contribution is 0.552. The molecule has 110 valence electrons. The van der Waals surface area contributed by atoms with E-state index >= 15 is 0 Å². The Bertz CT molecular complexity index is 794. The maximum Gasteiger partial charge on any atom is 0.284 e. The lowest BCUT2D eigenvalue weighted by Gasteiger charge is -2.19. The second kappa shape index (κ2) is 5.74. The molecule has 2 rings (SSSR count). The van der Waals surface area contributed by atoms with Gasteiger partial charge in [-0.3, -0.25) is 4.31 Å². The largest absolute Gasteiger partial charge is 0.389 e. The fraction of sp³-hybridized carbons (Fsp3) is 0.0769. The number of hydrogen-bond donors (Lipinski definition) is 1. The van der Waals surface area contributed by atoms with E-state index in [-0.39, 0.29) is 4.99 Å². The van der Waals surface area contributed by atoms with Crippen molar-refractivity contribution < 1.29 is 12.8 Å². The quantitative estimate of drug-likeness (QED) is 0.866. The van der Waals surface area contributed by atoms with Gasteiger partial charge in [-0.25, -0.2) is 9.37 Å². The smallest absolute Gasteiger partial charge is 0.284 e. The average Bonchev–Trinajstić information content (AvgIpc) is 2.46. The highest BCUT2D eigenvalue weighted by Crippen LogP contribution is 2.23. The number of thiocarbonyl (C=S) groups is 1. The molecule has 0 aliphatic heterocycles. The monoisotopic (exact) mass is 325 g/mol. The third-order valence-corrected chi connectivity index (χ3v) is 4.78. The first-order chi connectivity index (χ1) is 9.84. The summed E-state index contributed by atoms with van der Waals surface area (Å²) in [6.45, 7) is 0. The molecule has 5 nitrogen and oxygen atoms in total. The summed E-state index contributed by atoms with van der Waals surface area (Å²) in [5.41, 5.74) is 6.35. The summed E-state index contributed by atoms with van der Waals surface area (Å²) >= 11 is 4.85. The van der Waals surface area contributed by atoms with Crippen molar-refractivity contribution in [3.63, 3.8) is 0 Å². The molecule has 0 saturated carbocycles. The Kier molecular flexibility index (Phi) is 4.19. The predicted octanol–water partition coefficient (Wildman–Crippen LogP) is 1.68. The zero-order valence-electron chi connectivity index (χ0n) is 11.0. The number of pyridine rings is 1. The van der Waals surface area contributed by atoms with E-state index in [4.69, 9.17) is 18.0 Å². The molecule has 0 aliphatic carbocycles. The van der Waals surface area contributed by atoms with Gasteiger partial charge in [0.2, 0.25) is 5.03 Å². The molecule has 2 aromatic rings. The Balaban J connectivity index is 2.48. The van der Waals surface area contributed by atoms with Crippen LogP contribution in [0, 0.1) is 5.82 Å². The maximum absolute atomic E-state index is 13.7. The Morgan fingerprint density at radius 2 is 2.05 bits per heavy atom. The van der Waals surface area contributed by atoms with Crippen LogP contribution < -0.4 is 10.0 Å². The van der Waals surface area contributed by atoms with Crippen LogP contribution in [0.4, 0.5) is 10.1 Å². The molecule has 0 spiro atoms. The minimum absolute atomic E-state index is 0.145. The average molecular weight is 325 g/mol. The first kappa shape index (κ1) is 15.3. The number of nitrogens with zero attached hydrogens (tertiary/aromatic N) is 2. The summed E-state index contributed by atoms with van der Waals surface area (Å²) < 4.78 is 39.4. The second-order valence-electron chi connectivity index (χ2n) is 4.18. The Labute approximate surface area is 127 Å². The third kappa shape index (κ3) is 3.01. The van der Waals surface area contributed by atoms with Crippen LogP contribution in [0.2, 0.25) is 0 Å². The van der Waals surface area contributed by atoms with Crippen LogP contribution in [0.15, 0.2) is 47.6 Å². The molecule has 1 heterocycles. The van der Waals surface area contributed by atoms with Gasteiger partial charge in [0.25, 0.3) is 10.0 Å². The van der Waals surface area contributed by atoms with E-state index < -0.39 is 20.9 Å². The maximum atomic E-state index is 13.7. The van der Waals surface area contributed by atoms with Gasteiger partial charge in [-0.1, -0.05) is 24.4 Å². The fourth-order valence-electron chi connectivity index (χ4n) is 1.68. The van der Waals surface area contributed by atoms with Gasteiger partial charge in [0.05, 0.1) is 5.69 Å². The van der Waals surface area contributed by atoms with E-state index in [1.54, 1.807) is 18.2 Å². The fourth-order valence-corrected chi connectivity index (χ4v) is 2.97. The lowest BCUT2D eigenvalue weighted by atomic mass is 10.2. The van der Waals surface area contributed by atoms with E-state index in [9.17, 15) is 12.8 Å². The first-order valence-electron chi connectivity index (χ1n) is 5.83. The second-order valence-corrected chi connectivity index (χ2v) is 6.50. The molecular formula is C13H12FN3O2S2. The van der Waals surface area contributed by atoms with E-state index in [0.717, 1.165) is 10.4 Å². The van der Waals surface area contributed by atoms with Crippen LogP contribution in [0.1, 0.15) is 5.56 Å². The van der Waals surface area contributed by atoms with Crippen LogP contribution in [0.3, 0.4) is 0 Å². The van der Waals surface area contributed by atoms with Gasteiger partial charge in [-0.2, -0.15) is 8.42 Å². The number of rotatable bonds is 4. The van der Waals surface area contributed by atoms with E-state index in [0.29, 0.717) is 11.3 Å². The van der Waals surface area contributed by atoms with Crippen LogP contribution >= 0.6 is 12.2 Å². The van der Waals surface area contributed by atoms with Crippen molar-refractivity contribution in [2.75, 3.05) is 11.4 Å². The van der Waals surface area contributed by atoms with E-state index in [1.807, 2.05) is 0 Å². The molecule has 0 fully saturated rings. The molecule has 0 radical (unpaired) electrons. The zero-order valence-corrected chi connectivity index (χ0v) is 12.7. The summed E-state index contributed by atoms with van der Waals surface area (Å²) in [6, 6.07) is 8.71. The van der Waals surface area contributed by atoms with Gasteiger partial charge in [-0.15, -0.1) is 0 Å². The van der Waals surface area contributed by atoms with E-state index in [2.05, 4.69) is 4.98 Å². The van der Waals surface area contributed by atoms with Crippen molar-refractivity contribution in [1.29, 1.82) is 0 Å². The van der Waals surface area contributed by atoms with Gasteiger partial charge in [0, 0.05) is 18.8 Å². The minimum atomic E-state index is -4.10. The number of halogens is 1. The Hall–Kier alpha value is -2.06. The Morgan fingerprint density at radius 3 is 2.67 bits per heavy atom. The van der Waals surface area contributed by atoms with Crippen molar-refractivity contribution in [3.8, 4) is 0 Å². The normalized spacial score (nSPS) is 11.1. The molecule has 0 saturated heterocycles. The van der Waals surface area contributed by atoms with Crippen molar-refractivity contribution in [2.45, 2.75) is 5.03 Å². The summed E-state index contributed by atoms with van der Waals surface area (Å²) in [5, 5.41) is -0.631. The predicted molar refractivity (Wildman–Crippen MR) is 82.1 cm³/mol. The number of hydrogen-bond acceptors (Lipinski definition) is 4. The third-order valence-electron chi connectivity index (χ3n) is 2.82. The van der Waals surface area contributed by atoms with Gasteiger partial charge >= 0.3 is 0 Å². The highest BCUT2D eigenvalue weighted by atomic mass is 32.2. The van der Waals surface area contributed by atoms with Gasteiger partial charge in [0.1, 0.15) is 4.99 Å². The lowest BCUT2D eigenvalue weighted by Crippen LogP contribution is -2.28. The summed E-state index contributed by atoms with van der Waals surface area (Å²) in [7, 11) is -2.79. The summed E-state index contributed by atoms with van der Waals surface area (Å²) in [5.74, 6) is -0.908. The van der Waals surface area contributed by atoms with Crippen LogP contribution in [-0.4, -0.2) is 25.4 Å². The first-order valence-corrected chi connectivity index (χ1v) is 7.68. The van der Waals surface area contributed by atoms with Gasteiger partial charge < -0.3 is 5.73 Å². The topological polar surface area (TPSA) is 76.3 Å². The Morgan fingerprint density at radius 1 is 1.33 bits per heavy atom. The highest BCUT2D eigenvalue weighted by molar-refractivity contribution is 7.92. The number of benzene rings is 1. The molecule has 2 N–H and O–H groups in total. The number of anilines is 1. The van der Waals surface area contributed by atoms with Gasteiger partial charge in [-0.05, 0) is 24.3 Å². The molecule has 1 aromatic carbocycles. The summed E-state index contributed by atoms with van der Waals surface area (Å²) in [6.07, 6.45) is 1.22. The summed E-state index contributed by atoms with van der Waals surface area (Å²) in [4.78, 5) is 3.74. The van der Waals surface area contributed by atoms with Crippen molar-refractivity contribution in [1.82, 2.24) is 4.98 Å². The molecule has 1 aromatic heterocycles. The SMILES string of the molecule is CN(c1cccc(C(N)=S)c1)S(=O)(=O)c1ncccc1F. The standard InChI is InChI=1S/C13H12FN3O2S2/c1-17(10-5-2-4-9(8-10)12(15)20)21(18,19)13-11(14)6-3-7-16-13/h2-8H,1H3,(H2,15,20). The van der Waals surface area contributed by atoms with Gasteiger partial charge in [0.15, 0.2) is 5.82 Å². The van der Waals surface area contributed by atoms with Crippen molar-refractivity contribution in [2.24, 2.45) is 5.73 Å². The number of sulfonamides is 1. The van der Waals surface area contributed by atoms with Crippen LogP contribution in [0.25, 0.3) is 0 Å². The highest BCUT2D eigenvalue weighted by Gasteiger charge is 2.26. The number of nitrogens with two attached hydrogens (primary N) is 1. The number of aromatic nitrogens is 1.